The molecule has 0 fully saturated rings. The van der Waals surface area contributed by atoms with Gasteiger partial charge in [-0.25, -0.2) is 4.79 Å². The fourth-order valence-corrected chi connectivity index (χ4v) is 3.11. The van der Waals surface area contributed by atoms with Crippen molar-refractivity contribution in [3.63, 3.8) is 0 Å². The highest BCUT2D eigenvalue weighted by Gasteiger charge is 2.14. The molecule has 0 aliphatic heterocycles. The van der Waals surface area contributed by atoms with Crippen LogP contribution >= 0.6 is 0 Å². The van der Waals surface area contributed by atoms with Gasteiger partial charge >= 0.3 is 5.69 Å². The van der Waals surface area contributed by atoms with Crippen molar-refractivity contribution in [3.8, 4) is 5.75 Å². The van der Waals surface area contributed by atoms with Gasteiger partial charge in [0.2, 0.25) is 5.91 Å². The topological polar surface area (TPSA) is 94.4 Å². The average Bonchev–Trinajstić information content (AvgIpc) is 2.98. The number of para-hydroxylation sites is 2. The first-order chi connectivity index (χ1) is 14.0. The Balaban J connectivity index is 1.66. The molecular formula is C21H24N4O4. The number of nitrogens with zero attached hydrogens (tertiary/aromatic N) is 2. The lowest BCUT2D eigenvalue weighted by molar-refractivity contribution is -0.123. The number of carbonyl (C=O) groups is 2. The summed E-state index contributed by atoms with van der Waals surface area (Å²) >= 11 is 0. The Hall–Kier alpha value is -3.55. The lowest BCUT2D eigenvalue weighted by atomic mass is 10.3. The second-order valence-corrected chi connectivity index (χ2v) is 6.42. The molecule has 0 unspecified atom stereocenters. The van der Waals surface area contributed by atoms with Crippen LogP contribution in [-0.2, 0) is 22.7 Å². The van der Waals surface area contributed by atoms with E-state index in [-0.39, 0.29) is 30.7 Å². The fraction of sp³-hybridized carbons (Fsp3) is 0.286. The molecule has 0 radical (unpaired) electrons. The van der Waals surface area contributed by atoms with Crippen molar-refractivity contribution in [2.75, 3.05) is 18.5 Å². The van der Waals surface area contributed by atoms with Gasteiger partial charge in [-0.1, -0.05) is 12.1 Å². The predicted molar refractivity (Wildman–Crippen MR) is 111 cm³/mol. The van der Waals surface area contributed by atoms with E-state index in [2.05, 4.69) is 10.6 Å². The van der Waals surface area contributed by atoms with Crippen molar-refractivity contribution in [3.05, 3.63) is 59.0 Å². The summed E-state index contributed by atoms with van der Waals surface area (Å²) in [6.07, 6.45) is 0. The molecule has 29 heavy (non-hydrogen) atoms. The molecule has 1 aromatic heterocycles. The molecule has 2 N–H and O–H groups in total. The van der Waals surface area contributed by atoms with E-state index < -0.39 is 0 Å². The van der Waals surface area contributed by atoms with Crippen molar-refractivity contribution < 1.29 is 14.3 Å². The Morgan fingerprint density at radius 2 is 1.59 bits per heavy atom. The zero-order valence-electron chi connectivity index (χ0n) is 16.5. The van der Waals surface area contributed by atoms with Crippen LogP contribution < -0.4 is 21.1 Å². The lowest BCUT2D eigenvalue weighted by Crippen LogP contribution is -2.29. The lowest BCUT2D eigenvalue weighted by Gasteiger charge is -2.09. The molecule has 152 valence electrons. The van der Waals surface area contributed by atoms with Gasteiger partial charge in [-0.15, -0.1) is 0 Å². The Morgan fingerprint density at radius 3 is 2.21 bits per heavy atom. The van der Waals surface area contributed by atoms with E-state index in [1.54, 1.807) is 28.8 Å². The summed E-state index contributed by atoms with van der Waals surface area (Å²) in [5.41, 5.74) is 1.90. The van der Waals surface area contributed by atoms with Crippen LogP contribution in [0.1, 0.15) is 13.8 Å². The minimum absolute atomic E-state index is 0.0655. The van der Waals surface area contributed by atoms with Crippen molar-refractivity contribution in [2.24, 2.45) is 0 Å². The minimum Gasteiger partial charge on any atom is -0.484 e. The number of aryl methyl sites for hydroxylation is 1. The number of rotatable bonds is 8. The molecule has 2 amide bonds. The molecule has 0 saturated heterocycles. The highest BCUT2D eigenvalue weighted by Crippen LogP contribution is 2.16. The maximum Gasteiger partial charge on any atom is 0.329 e. The van der Waals surface area contributed by atoms with Gasteiger partial charge in [-0.05, 0) is 50.2 Å². The Labute approximate surface area is 168 Å². The number of benzene rings is 2. The standard InChI is InChI=1S/C21H24N4O4/c1-3-22-20(27)14-29-16-11-9-15(10-12-16)23-19(26)13-25-18-8-6-5-7-17(18)24(4-2)21(25)28/h5-12H,3-4,13-14H2,1-2H3,(H,22,27)(H,23,26). The molecule has 2 aromatic carbocycles. The molecule has 1 heterocycles. The predicted octanol–water partition coefficient (Wildman–Crippen LogP) is 1.98. The Bertz CT molecular complexity index is 1070. The summed E-state index contributed by atoms with van der Waals surface area (Å²) < 4.78 is 8.49. The minimum atomic E-state index is -0.304. The molecule has 0 bridgehead atoms. The van der Waals surface area contributed by atoms with E-state index in [1.807, 2.05) is 38.1 Å². The van der Waals surface area contributed by atoms with Crippen LogP contribution in [0.2, 0.25) is 0 Å². The third kappa shape index (κ3) is 4.66. The molecule has 0 atom stereocenters. The first kappa shape index (κ1) is 20.2. The van der Waals surface area contributed by atoms with Crippen molar-refractivity contribution >= 4 is 28.5 Å². The van der Waals surface area contributed by atoms with Gasteiger partial charge in [0.15, 0.2) is 6.61 Å². The summed E-state index contributed by atoms with van der Waals surface area (Å²) in [6.45, 7) is 4.67. The maximum atomic E-state index is 12.6. The van der Waals surface area contributed by atoms with E-state index in [4.69, 9.17) is 4.74 Å². The third-order valence-corrected chi connectivity index (χ3v) is 4.43. The number of likely N-dealkylation sites (N-methyl/N-ethyl adjacent to an activating group) is 1. The van der Waals surface area contributed by atoms with Crippen molar-refractivity contribution in [2.45, 2.75) is 26.9 Å². The van der Waals surface area contributed by atoms with Gasteiger partial charge in [0.25, 0.3) is 5.91 Å². The van der Waals surface area contributed by atoms with Gasteiger partial charge < -0.3 is 15.4 Å². The van der Waals surface area contributed by atoms with E-state index in [1.165, 1.54) is 4.57 Å². The number of aromatic nitrogens is 2. The summed E-state index contributed by atoms with van der Waals surface area (Å²) in [6, 6.07) is 14.1. The largest absolute Gasteiger partial charge is 0.484 e. The van der Waals surface area contributed by atoms with E-state index >= 15 is 0 Å². The second-order valence-electron chi connectivity index (χ2n) is 6.42. The normalized spacial score (nSPS) is 10.7. The summed E-state index contributed by atoms with van der Waals surface area (Å²) in [5.74, 6) is 0.0279. The first-order valence-electron chi connectivity index (χ1n) is 9.51. The SMILES string of the molecule is CCNC(=O)COc1ccc(NC(=O)Cn2c(=O)n(CC)c3ccccc32)cc1. The quantitative estimate of drug-likeness (QED) is 0.609. The number of nitrogens with one attached hydrogen (secondary N) is 2. The Morgan fingerprint density at radius 1 is 0.931 bits per heavy atom. The van der Waals surface area contributed by atoms with Crippen LogP contribution in [0.4, 0.5) is 5.69 Å². The van der Waals surface area contributed by atoms with Gasteiger partial charge in [0, 0.05) is 18.8 Å². The number of amides is 2. The number of hydrogen-bond donors (Lipinski definition) is 2. The number of hydrogen-bond acceptors (Lipinski definition) is 4. The van der Waals surface area contributed by atoms with E-state index in [0.29, 0.717) is 24.5 Å². The first-order valence-corrected chi connectivity index (χ1v) is 9.51. The zero-order chi connectivity index (χ0) is 20.8. The zero-order valence-corrected chi connectivity index (χ0v) is 16.5. The Kier molecular flexibility index (Phi) is 6.33. The molecule has 0 spiro atoms. The number of ether oxygens (including phenoxy) is 1. The molecule has 8 nitrogen and oxygen atoms in total. The molecule has 3 rings (SSSR count). The monoisotopic (exact) mass is 396 g/mol. The van der Waals surface area contributed by atoms with Crippen LogP contribution in [0.5, 0.6) is 5.75 Å². The van der Waals surface area contributed by atoms with Gasteiger partial charge in [0.05, 0.1) is 11.0 Å². The van der Waals surface area contributed by atoms with Crippen LogP contribution in [0, 0.1) is 0 Å². The summed E-state index contributed by atoms with van der Waals surface area (Å²) in [4.78, 5) is 36.5. The van der Waals surface area contributed by atoms with E-state index in [9.17, 15) is 14.4 Å². The molecule has 0 aliphatic carbocycles. The van der Waals surface area contributed by atoms with Crippen LogP contribution in [0.25, 0.3) is 11.0 Å². The van der Waals surface area contributed by atoms with Crippen molar-refractivity contribution in [1.29, 1.82) is 0 Å². The number of carbonyl (C=O) groups excluding carboxylic acids is 2. The smallest absolute Gasteiger partial charge is 0.329 e. The fourth-order valence-electron chi connectivity index (χ4n) is 3.11. The van der Waals surface area contributed by atoms with Gasteiger partial charge in [-0.3, -0.25) is 18.7 Å². The van der Waals surface area contributed by atoms with Crippen LogP contribution in [0.3, 0.4) is 0 Å². The molecule has 3 aromatic rings. The number of anilines is 1. The second kappa shape index (κ2) is 9.09. The van der Waals surface area contributed by atoms with Crippen LogP contribution in [-0.4, -0.2) is 34.1 Å². The highest BCUT2D eigenvalue weighted by molar-refractivity contribution is 5.91. The number of fused-ring (bicyclic) bond motifs is 1. The summed E-state index contributed by atoms with van der Waals surface area (Å²) in [5, 5.41) is 5.43. The average molecular weight is 396 g/mol. The third-order valence-electron chi connectivity index (χ3n) is 4.43. The van der Waals surface area contributed by atoms with E-state index in [0.717, 1.165) is 11.0 Å². The maximum absolute atomic E-state index is 12.6. The molecule has 0 aliphatic rings. The molecule has 8 heteroatoms. The summed E-state index contributed by atoms with van der Waals surface area (Å²) in [7, 11) is 0. The number of imidazole rings is 1. The van der Waals surface area contributed by atoms with Gasteiger partial charge in [0.1, 0.15) is 12.3 Å². The molecular weight excluding hydrogens is 372 g/mol. The highest BCUT2D eigenvalue weighted by atomic mass is 16.5. The van der Waals surface area contributed by atoms with Gasteiger partial charge in [-0.2, -0.15) is 0 Å². The van der Waals surface area contributed by atoms with Crippen molar-refractivity contribution in [1.82, 2.24) is 14.5 Å². The molecule has 0 saturated carbocycles. The van der Waals surface area contributed by atoms with Crippen LogP contribution in [0.15, 0.2) is 53.3 Å².